The Morgan fingerprint density at radius 1 is 1.39 bits per heavy atom. The van der Waals surface area contributed by atoms with Crippen LogP contribution in [0.2, 0.25) is 0 Å². The number of hydrogen-bond acceptors (Lipinski definition) is 3. The summed E-state index contributed by atoms with van der Waals surface area (Å²) in [7, 11) is 1.76. The molecule has 0 bridgehead atoms. The number of rotatable bonds is 3. The Balaban J connectivity index is 2.17. The van der Waals surface area contributed by atoms with Gasteiger partial charge in [-0.2, -0.15) is 0 Å². The van der Waals surface area contributed by atoms with Crippen LogP contribution in [0.4, 0.5) is 5.69 Å². The van der Waals surface area contributed by atoms with Gasteiger partial charge in [-0.15, -0.1) is 0 Å². The minimum Gasteiger partial charge on any atom is -0.472 e. The third kappa shape index (κ3) is 2.53. The highest BCUT2D eigenvalue weighted by Gasteiger charge is 2.15. The Bertz CT molecular complexity index is 547. The van der Waals surface area contributed by atoms with E-state index in [0.717, 1.165) is 11.1 Å². The first-order valence-corrected chi connectivity index (χ1v) is 5.70. The quantitative estimate of drug-likeness (QED) is 0.844. The maximum atomic E-state index is 12.3. The van der Waals surface area contributed by atoms with Crippen LogP contribution in [0.5, 0.6) is 0 Å². The van der Waals surface area contributed by atoms with Crippen molar-refractivity contribution in [2.24, 2.45) is 0 Å². The van der Waals surface area contributed by atoms with Crippen LogP contribution < -0.4 is 5.73 Å². The molecule has 4 nitrogen and oxygen atoms in total. The van der Waals surface area contributed by atoms with Crippen molar-refractivity contribution >= 4 is 11.6 Å². The topological polar surface area (TPSA) is 59.5 Å². The van der Waals surface area contributed by atoms with Crippen LogP contribution in [-0.4, -0.2) is 17.9 Å². The molecule has 0 aliphatic rings. The van der Waals surface area contributed by atoms with E-state index in [-0.39, 0.29) is 5.91 Å². The summed E-state index contributed by atoms with van der Waals surface area (Å²) >= 11 is 0. The molecule has 0 unspecified atom stereocenters. The van der Waals surface area contributed by atoms with Crippen molar-refractivity contribution in [3.05, 3.63) is 53.5 Å². The molecule has 1 amide bonds. The highest BCUT2D eigenvalue weighted by Crippen LogP contribution is 2.16. The molecule has 2 rings (SSSR count). The Morgan fingerprint density at radius 3 is 2.83 bits per heavy atom. The third-order valence-corrected chi connectivity index (χ3v) is 2.84. The van der Waals surface area contributed by atoms with Gasteiger partial charge < -0.3 is 15.1 Å². The van der Waals surface area contributed by atoms with Crippen molar-refractivity contribution in [1.29, 1.82) is 0 Å². The maximum Gasteiger partial charge on any atom is 0.254 e. The van der Waals surface area contributed by atoms with Crippen molar-refractivity contribution in [2.75, 3.05) is 12.8 Å². The molecule has 0 radical (unpaired) electrons. The van der Waals surface area contributed by atoms with Gasteiger partial charge in [-0.05, 0) is 30.7 Å². The number of nitrogens with zero attached hydrogens (tertiary/aromatic N) is 1. The number of anilines is 1. The Kier molecular flexibility index (Phi) is 3.37. The number of amides is 1. The van der Waals surface area contributed by atoms with Gasteiger partial charge in [-0.25, -0.2) is 0 Å². The summed E-state index contributed by atoms with van der Waals surface area (Å²) in [6.45, 7) is 2.42. The van der Waals surface area contributed by atoms with Gasteiger partial charge in [0.25, 0.3) is 5.91 Å². The van der Waals surface area contributed by atoms with Crippen molar-refractivity contribution in [1.82, 2.24) is 4.90 Å². The highest BCUT2D eigenvalue weighted by molar-refractivity contribution is 5.96. The number of aryl methyl sites for hydroxylation is 1. The van der Waals surface area contributed by atoms with Crippen molar-refractivity contribution in [3.8, 4) is 0 Å². The summed E-state index contributed by atoms with van der Waals surface area (Å²) in [5.74, 6) is -0.0407. The number of benzene rings is 1. The van der Waals surface area contributed by atoms with Crippen molar-refractivity contribution < 1.29 is 9.21 Å². The largest absolute Gasteiger partial charge is 0.472 e. The van der Waals surface area contributed by atoms with E-state index >= 15 is 0 Å². The molecule has 1 aromatic heterocycles. The smallest absolute Gasteiger partial charge is 0.254 e. The molecule has 0 atom stereocenters. The zero-order valence-electron chi connectivity index (χ0n) is 10.5. The molecule has 1 aromatic carbocycles. The van der Waals surface area contributed by atoms with E-state index in [2.05, 4.69) is 0 Å². The first-order chi connectivity index (χ1) is 8.58. The Labute approximate surface area is 106 Å². The molecule has 1 heterocycles. The minimum atomic E-state index is -0.0407. The molecule has 2 N–H and O–H groups in total. The summed E-state index contributed by atoms with van der Waals surface area (Å²) < 4.78 is 4.99. The number of nitrogens with two attached hydrogens (primary N) is 1. The average molecular weight is 244 g/mol. The van der Waals surface area contributed by atoms with Gasteiger partial charge in [-0.3, -0.25) is 4.79 Å². The van der Waals surface area contributed by atoms with Gasteiger partial charge in [0, 0.05) is 30.4 Å². The zero-order chi connectivity index (χ0) is 13.1. The lowest BCUT2D eigenvalue weighted by atomic mass is 10.1. The van der Waals surface area contributed by atoms with Crippen molar-refractivity contribution in [2.45, 2.75) is 13.5 Å². The van der Waals surface area contributed by atoms with Crippen LogP contribution in [0.15, 0.2) is 41.2 Å². The fourth-order valence-corrected chi connectivity index (χ4v) is 1.80. The lowest BCUT2D eigenvalue weighted by Gasteiger charge is -2.17. The predicted molar refractivity (Wildman–Crippen MR) is 70.1 cm³/mol. The SMILES string of the molecule is Cc1ccc(N)cc1C(=O)N(C)Cc1ccoc1. The summed E-state index contributed by atoms with van der Waals surface area (Å²) in [5.41, 5.74) is 8.84. The summed E-state index contributed by atoms with van der Waals surface area (Å²) in [4.78, 5) is 13.9. The first-order valence-electron chi connectivity index (χ1n) is 5.70. The molecular formula is C14H16N2O2. The number of carbonyl (C=O) groups excluding carboxylic acids is 1. The monoisotopic (exact) mass is 244 g/mol. The first kappa shape index (κ1) is 12.2. The van der Waals surface area contributed by atoms with E-state index in [4.69, 9.17) is 10.2 Å². The van der Waals surface area contributed by atoms with Gasteiger partial charge in [0.05, 0.1) is 12.5 Å². The van der Waals surface area contributed by atoms with Gasteiger partial charge in [-0.1, -0.05) is 6.07 Å². The normalized spacial score (nSPS) is 10.3. The van der Waals surface area contributed by atoms with Gasteiger partial charge in [0.1, 0.15) is 0 Å². The number of hydrogen-bond donors (Lipinski definition) is 1. The highest BCUT2D eigenvalue weighted by atomic mass is 16.3. The average Bonchev–Trinajstić information content (AvgIpc) is 2.84. The van der Waals surface area contributed by atoms with Crippen LogP contribution in [-0.2, 0) is 6.54 Å². The molecule has 0 fully saturated rings. The van der Waals surface area contributed by atoms with Crippen LogP contribution in [0.3, 0.4) is 0 Å². The lowest BCUT2D eigenvalue weighted by molar-refractivity contribution is 0.0784. The molecule has 0 aliphatic carbocycles. The fourth-order valence-electron chi connectivity index (χ4n) is 1.80. The maximum absolute atomic E-state index is 12.3. The van der Waals surface area contributed by atoms with E-state index in [1.807, 2.05) is 19.1 Å². The van der Waals surface area contributed by atoms with Crippen molar-refractivity contribution in [3.63, 3.8) is 0 Å². The van der Waals surface area contributed by atoms with E-state index in [1.165, 1.54) is 0 Å². The fraction of sp³-hybridized carbons (Fsp3) is 0.214. The molecule has 2 aromatic rings. The second-order valence-corrected chi connectivity index (χ2v) is 4.37. The lowest BCUT2D eigenvalue weighted by Crippen LogP contribution is -2.26. The van der Waals surface area contributed by atoms with Crippen LogP contribution in [0.1, 0.15) is 21.5 Å². The number of nitrogen functional groups attached to an aromatic ring is 1. The molecule has 0 saturated carbocycles. The Hall–Kier alpha value is -2.23. The van der Waals surface area contributed by atoms with Crippen LogP contribution in [0, 0.1) is 6.92 Å². The Morgan fingerprint density at radius 2 is 2.17 bits per heavy atom. The minimum absolute atomic E-state index is 0.0407. The second-order valence-electron chi connectivity index (χ2n) is 4.37. The molecule has 18 heavy (non-hydrogen) atoms. The van der Waals surface area contributed by atoms with E-state index in [1.54, 1.807) is 36.6 Å². The number of furan rings is 1. The van der Waals surface area contributed by atoms with E-state index < -0.39 is 0 Å². The molecule has 4 heteroatoms. The van der Waals surface area contributed by atoms with E-state index in [0.29, 0.717) is 17.8 Å². The standard InChI is InChI=1S/C14H16N2O2/c1-10-3-4-12(15)7-13(10)14(17)16(2)8-11-5-6-18-9-11/h3-7,9H,8,15H2,1-2H3. The summed E-state index contributed by atoms with van der Waals surface area (Å²) in [5, 5.41) is 0. The number of carbonyl (C=O) groups is 1. The van der Waals surface area contributed by atoms with Crippen LogP contribution >= 0.6 is 0 Å². The van der Waals surface area contributed by atoms with Crippen LogP contribution in [0.25, 0.3) is 0 Å². The molecule has 0 spiro atoms. The van der Waals surface area contributed by atoms with Gasteiger partial charge in [0.15, 0.2) is 0 Å². The molecule has 0 saturated heterocycles. The van der Waals surface area contributed by atoms with E-state index in [9.17, 15) is 4.79 Å². The molecule has 94 valence electrons. The molecule has 0 aliphatic heterocycles. The summed E-state index contributed by atoms with van der Waals surface area (Å²) in [6, 6.07) is 7.20. The third-order valence-electron chi connectivity index (χ3n) is 2.84. The second kappa shape index (κ2) is 4.96. The van der Waals surface area contributed by atoms with Gasteiger partial charge >= 0.3 is 0 Å². The van der Waals surface area contributed by atoms with Gasteiger partial charge in [0.2, 0.25) is 0 Å². The zero-order valence-corrected chi connectivity index (χ0v) is 10.5. The summed E-state index contributed by atoms with van der Waals surface area (Å²) in [6.07, 6.45) is 3.23. The molecular weight excluding hydrogens is 228 g/mol. The predicted octanol–water partition coefficient (Wildman–Crippen LogP) is 2.44.